The van der Waals surface area contributed by atoms with E-state index in [9.17, 15) is 33.9 Å². The lowest BCUT2D eigenvalue weighted by Gasteiger charge is -2.28. The summed E-state index contributed by atoms with van der Waals surface area (Å²) in [5.41, 5.74) is 32.6. The standard InChI is InChI=1S/C31H59N13O7/c1-17(45)24(38-2)29(51)43-20(11-7-15-40-31(36)37)26(48)42-21(12-13-23(32)46)28(50)41-19(10-6-14-39-30(34)35)27(49)44-22(25(33)47)16-18-8-4-3-5-9-18/h17-22,24,38,45H,3-16H2,1-2H3,(H2,32,46)(H2,33,47)(H,41,50)(H,42,48)(H,43,51)(H,44,49)(H4,34,35,39)(H4,36,37,40)/t17-,19+,20+,21+,22+,24+/m1/s1. The van der Waals surface area contributed by atoms with Gasteiger partial charge in [-0.2, -0.15) is 0 Å². The fourth-order valence-corrected chi connectivity index (χ4v) is 5.77. The monoisotopic (exact) mass is 725 g/mol. The van der Waals surface area contributed by atoms with E-state index in [0.717, 1.165) is 32.1 Å². The molecule has 0 aromatic carbocycles. The van der Waals surface area contributed by atoms with Crippen LogP contribution in [0.2, 0.25) is 0 Å². The Hall–Kier alpha value is -4.72. The van der Waals surface area contributed by atoms with Crippen LogP contribution < -0.4 is 61.0 Å². The van der Waals surface area contributed by atoms with Crippen molar-refractivity contribution in [1.29, 1.82) is 0 Å². The summed E-state index contributed by atoms with van der Waals surface area (Å²) in [5, 5.41) is 23.1. The summed E-state index contributed by atoms with van der Waals surface area (Å²) in [4.78, 5) is 85.7. The Bertz CT molecular complexity index is 1220. The molecule has 0 spiro atoms. The van der Waals surface area contributed by atoms with Gasteiger partial charge in [0.25, 0.3) is 0 Å². The third-order valence-electron chi connectivity index (χ3n) is 8.50. The molecule has 1 rings (SSSR count). The highest BCUT2D eigenvalue weighted by Crippen LogP contribution is 2.27. The number of nitrogens with one attached hydrogen (secondary N) is 5. The van der Waals surface area contributed by atoms with Crippen molar-refractivity contribution in [1.82, 2.24) is 26.6 Å². The van der Waals surface area contributed by atoms with E-state index in [2.05, 4.69) is 36.6 Å². The smallest absolute Gasteiger partial charge is 0.243 e. The summed E-state index contributed by atoms with van der Waals surface area (Å²) in [6, 6.07) is -5.87. The first-order valence-corrected chi connectivity index (χ1v) is 17.3. The minimum atomic E-state index is -1.39. The lowest BCUT2D eigenvalue weighted by Crippen LogP contribution is -2.59. The van der Waals surface area contributed by atoms with Gasteiger partial charge in [0.2, 0.25) is 35.4 Å². The molecule has 0 bridgehead atoms. The molecule has 6 atom stereocenters. The second-order valence-corrected chi connectivity index (χ2v) is 12.8. The van der Waals surface area contributed by atoms with Gasteiger partial charge in [-0.1, -0.05) is 32.1 Å². The molecule has 0 unspecified atom stereocenters. The zero-order valence-corrected chi connectivity index (χ0v) is 29.7. The first-order chi connectivity index (χ1) is 24.0. The number of guanidine groups is 2. The number of carbonyl (C=O) groups is 6. The lowest BCUT2D eigenvalue weighted by molar-refractivity contribution is -0.135. The second kappa shape index (κ2) is 23.6. The van der Waals surface area contributed by atoms with Crippen LogP contribution in [0.4, 0.5) is 0 Å². The molecule has 6 amide bonds. The van der Waals surface area contributed by atoms with Crippen molar-refractivity contribution in [2.24, 2.45) is 50.3 Å². The molecular weight excluding hydrogens is 666 g/mol. The maximum Gasteiger partial charge on any atom is 0.243 e. The predicted molar refractivity (Wildman–Crippen MR) is 191 cm³/mol. The van der Waals surface area contributed by atoms with E-state index in [1.54, 1.807) is 0 Å². The average Bonchev–Trinajstić information content (AvgIpc) is 3.05. The van der Waals surface area contributed by atoms with Gasteiger partial charge in [-0.3, -0.25) is 38.8 Å². The van der Waals surface area contributed by atoms with E-state index in [-0.39, 0.29) is 69.5 Å². The Morgan fingerprint density at radius 2 is 1.10 bits per heavy atom. The Labute approximate surface area is 298 Å². The Balaban J connectivity index is 3.28. The largest absolute Gasteiger partial charge is 0.391 e. The van der Waals surface area contributed by atoms with E-state index in [1.165, 1.54) is 14.0 Å². The number of aliphatic hydroxyl groups excluding tert-OH is 1. The van der Waals surface area contributed by atoms with E-state index in [0.29, 0.717) is 6.42 Å². The van der Waals surface area contributed by atoms with E-state index >= 15 is 0 Å². The number of carbonyl (C=O) groups excluding carboxylic acids is 6. The van der Waals surface area contributed by atoms with Crippen molar-refractivity contribution in [3.05, 3.63) is 0 Å². The molecule has 0 aromatic heterocycles. The molecule has 1 aliphatic rings. The van der Waals surface area contributed by atoms with Crippen LogP contribution in [0, 0.1) is 5.92 Å². The number of aliphatic hydroxyl groups is 1. The van der Waals surface area contributed by atoms with Crippen molar-refractivity contribution < 1.29 is 33.9 Å². The fraction of sp³-hybridized carbons (Fsp3) is 0.742. The van der Waals surface area contributed by atoms with Crippen molar-refractivity contribution in [3.63, 3.8) is 0 Å². The van der Waals surface area contributed by atoms with Gasteiger partial charge < -0.3 is 66.1 Å². The molecular formula is C31H59N13O7. The lowest BCUT2D eigenvalue weighted by atomic mass is 9.84. The molecule has 290 valence electrons. The number of rotatable bonds is 24. The minimum absolute atomic E-state index is 0.0279. The normalized spacial score (nSPS) is 16.5. The van der Waals surface area contributed by atoms with Crippen molar-refractivity contribution in [2.45, 2.75) is 120 Å². The van der Waals surface area contributed by atoms with E-state index < -0.39 is 71.8 Å². The topological polar surface area (TPSA) is 364 Å². The van der Waals surface area contributed by atoms with Crippen molar-refractivity contribution >= 4 is 47.4 Å². The number of nitrogens with zero attached hydrogens (tertiary/aromatic N) is 2. The van der Waals surface area contributed by atoms with Gasteiger partial charge in [-0.25, -0.2) is 0 Å². The molecule has 1 saturated carbocycles. The fourth-order valence-electron chi connectivity index (χ4n) is 5.77. The van der Waals surface area contributed by atoms with Crippen LogP contribution in [0.5, 0.6) is 0 Å². The zero-order valence-electron chi connectivity index (χ0n) is 29.7. The van der Waals surface area contributed by atoms with Crippen LogP contribution in [0.15, 0.2) is 9.98 Å². The van der Waals surface area contributed by atoms with Crippen LogP contribution in [-0.2, 0) is 28.8 Å². The first-order valence-electron chi connectivity index (χ1n) is 17.3. The molecule has 51 heavy (non-hydrogen) atoms. The Morgan fingerprint density at radius 3 is 1.49 bits per heavy atom. The number of hydrogen-bond acceptors (Lipinski definition) is 10. The van der Waals surface area contributed by atoms with Crippen LogP contribution in [0.3, 0.4) is 0 Å². The predicted octanol–water partition coefficient (Wildman–Crippen LogP) is -4.28. The molecule has 0 aliphatic heterocycles. The number of primary amides is 2. The molecule has 0 radical (unpaired) electrons. The molecule has 0 aromatic rings. The third-order valence-corrected chi connectivity index (χ3v) is 8.50. The minimum Gasteiger partial charge on any atom is -0.391 e. The highest BCUT2D eigenvalue weighted by atomic mass is 16.3. The number of nitrogens with two attached hydrogens (primary N) is 6. The Morgan fingerprint density at radius 1 is 0.667 bits per heavy atom. The maximum atomic E-state index is 13.7. The SMILES string of the molecule is CN[C@H](C(=O)N[C@@H](CCCN=C(N)N)C(=O)N[C@@H](CCC(N)=O)C(=O)N[C@@H](CCCN=C(N)N)C(=O)N[C@@H](CC1CCCCC1)C(N)=O)[C@@H](C)O. The molecule has 0 saturated heterocycles. The van der Waals surface area contributed by atoms with Gasteiger partial charge in [0.15, 0.2) is 11.9 Å². The van der Waals surface area contributed by atoms with Crippen LogP contribution in [0.25, 0.3) is 0 Å². The number of aliphatic imine (C=N–C) groups is 2. The molecule has 20 nitrogen and oxygen atoms in total. The third kappa shape index (κ3) is 18.2. The average molecular weight is 726 g/mol. The second-order valence-electron chi connectivity index (χ2n) is 12.8. The Kier molecular flexibility index (Phi) is 20.5. The highest BCUT2D eigenvalue weighted by Gasteiger charge is 2.33. The molecule has 1 fully saturated rings. The quantitative estimate of drug-likeness (QED) is 0.0256. The van der Waals surface area contributed by atoms with Gasteiger partial charge in [-0.15, -0.1) is 0 Å². The summed E-state index contributed by atoms with van der Waals surface area (Å²) in [5.74, 6) is -4.60. The van der Waals surface area contributed by atoms with Gasteiger partial charge in [0.1, 0.15) is 30.2 Å². The highest BCUT2D eigenvalue weighted by molar-refractivity contribution is 5.96. The number of amides is 6. The zero-order chi connectivity index (χ0) is 38.5. The summed E-state index contributed by atoms with van der Waals surface area (Å²) in [6.45, 7) is 1.65. The van der Waals surface area contributed by atoms with E-state index in [1.807, 2.05) is 0 Å². The first kappa shape index (κ1) is 44.3. The molecule has 20 heteroatoms. The van der Waals surface area contributed by atoms with Gasteiger partial charge in [0.05, 0.1) is 6.10 Å². The van der Waals surface area contributed by atoms with Crippen molar-refractivity contribution in [3.8, 4) is 0 Å². The van der Waals surface area contributed by atoms with Crippen LogP contribution >= 0.6 is 0 Å². The van der Waals surface area contributed by atoms with Gasteiger partial charge in [0, 0.05) is 19.5 Å². The summed E-state index contributed by atoms with van der Waals surface area (Å²) in [7, 11) is 1.46. The summed E-state index contributed by atoms with van der Waals surface area (Å²) >= 11 is 0. The number of likely N-dealkylation sites (N-methyl/N-ethyl adjacent to an activating group) is 1. The maximum absolute atomic E-state index is 13.7. The van der Waals surface area contributed by atoms with Crippen LogP contribution in [-0.4, -0.2) is 109 Å². The van der Waals surface area contributed by atoms with Gasteiger partial charge in [-0.05, 0) is 58.4 Å². The van der Waals surface area contributed by atoms with Crippen molar-refractivity contribution in [2.75, 3.05) is 20.1 Å². The van der Waals surface area contributed by atoms with Gasteiger partial charge >= 0.3 is 0 Å². The van der Waals surface area contributed by atoms with Crippen LogP contribution in [0.1, 0.15) is 84.0 Å². The van der Waals surface area contributed by atoms with E-state index in [4.69, 9.17) is 34.4 Å². The summed E-state index contributed by atoms with van der Waals surface area (Å²) in [6.07, 6.45) is 4.19. The molecule has 1 aliphatic carbocycles. The summed E-state index contributed by atoms with van der Waals surface area (Å²) < 4.78 is 0. The molecule has 0 heterocycles. The molecule has 18 N–H and O–H groups in total. The number of hydrogen-bond donors (Lipinski definition) is 12.